The number of hydrogen-bond acceptors (Lipinski definition) is 4. The van der Waals surface area contributed by atoms with Crippen LogP contribution in [0.15, 0.2) is 5.38 Å². The molecule has 0 bridgehead atoms. The molecule has 1 rings (SSSR count). The maximum Gasteiger partial charge on any atom is 0.434 e. The van der Waals surface area contributed by atoms with Crippen molar-refractivity contribution in [2.45, 2.75) is 19.6 Å². The van der Waals surface area contributed by atoms with Crippen LogP contribution in [0.1, 0.15) is 17.6 Å². The van der Waals surface area contributed by atoms with Crippen molar-refractivity contribution >= 4 is 11.3 Å². The Morgan fingerprint density at radius 3 is 2.62 bits per heavy atom. The summed E-state index contributed by atoms with van der Waals surface area (Å²) in [5, 5.41) is 10.2. The van der Waals surface area contributed by atoms with Crippen molar-refractivity contribution in [1.29, 1.82) is 0 Å². The molecule has 3 nitrogen and oxygen atoms in total. The number of nitrogens with zero attached hydrogens (tertiary/aromatic N) is 2. The number of aliphatic hydroxyl groups excluding tert-OH is 1. The van der Waals surface area contributed by atoms with Gasteiger partial charge in [-0.15, -0.1) is 11.3 Å². The van der Waals surface area contributed by atoms with Crippen LogP contribution in [0.3, 0.4) is 0 Å². The predicted octanol–water partition coefficient (Wildman–Crippen LogP) is 1.98. The molecule has 0 spiro atoms. The van der Waals surface area contributed by atoms with Crippen molar-refractivity contribution in [3.8, 4) is 0 Å². The molecular weight excluding hydrogens is 241 g/mol. The average Bonchev–Trinajstić information content (AvgIpc) is 2.65. The molecule has 0 unspecified atom stereocenters. The van der Waals surface area contributed by atoms with E-state index in [2.05, 4.69) is 4.98 Å². The van der Waals surface area contributed by atoms with E-state index < -0.39 is 11.9 Å². The van der Waals surface area contributed by atoms with Gasteiger partial charge in [0.25, 0.3) is 0 Å². The first-order valence-corrected chi connectivity index (χ1v) is 5.70. The van der Waals surface area contributed by atoms with Crippen molar-refractivity contribution in [3.05, 3.63) is 16.1 Å². The van der Waals surface area contributed by atoms with E-state index in [1.165, 1.54) is 0 Å². The van der Waals surface area contributed by atoms with Crippen LogP contribution in [0.4, 0.5) is 13.2 Å². The van der Waals surface area contributed by atoms with E-state index in [0.717, 1.165) is 16.7 Å². The monoisotopic (exact) mass is 254 g/mol. The molecule has 1 aromatic heterocycles. The molecule has 0 saturated heterocycles. The molecule has 1 heterocycles. The number of aliphatic hydroxyl groups is 1. The van der Waals surface area contributed by atoms with Gasteiger partial charge in [0.1, 0.15) is 5.01 Å². The summed E-state index contributed by atoms with van der Waals surface area (Å²) in [6.07, 6.45) is -4.37. The van der Waals surface area contributed by atoms with Gasteiger partial charge in [0.2, 0.25) is 0 Å². The Balaban J connectivity index is 2.64. The zero-order chi connectivity index (χ0) is 12.2. The van der Waals surface area contributed by atoms with Crippen LogP contribution in [-0.2, 0) is 12.7 Å². The van der Waals surface area contributed by atoms with E-state index in [1.54, 1.807) is 0 Å². The highest BCUT2D eigenvalue weighted by Crippen LogP contribution is 2.30. The molecule has 1 N–H and O–H groups in total. The van der Waals surface area contributed by atoms with Crippen molar-refractivity contribution in [2.24, 2.45) is 0 Å². The van der Waals surface area contributed by atoms with Crippen LogP contribution < -0.4 is 0 Å². The Bertz CT molecular complexity index is 327. The standard InChI is InChI=1S/C9H13F3N2OS/c1-2-14(3-4-15)5-8-13-7(6-16-8)9(10,11)12/h6,15H,2-5H2,1H3. The summed E-state index contributed by atoms with van der Waals surface area (Å²) in [5.74, 6) is 0. The van der Waals surface area contributed by atoms with Gasteiger partial charge in [0.15, 0.2) is 5.69 Å². The largest absolute Gasteiger partial charge is 0.434 e. The van der Waals surface area contributed by atoms with E-state index in [9.17, 15) is 13.2 Å². The van der Waals surface area contributed by atoms with Gasteiger partial charge in [0.05, 0.1) is 13.2 Å². The van der Waals surface area contributed by atoms with E-state index in [-0.39, 0.29) is 6.61 Å². The third-order valence-electron chi connectivity index (χ3n) is 2.06. The van der Waals surface area contributed by atoms with E-state index >= 15 is 0 Å². The van der Waals surface area contributed by atoms with Crippen LogP contribution >= 0.6 is 11.3 Å². The number of halogens is 3. The second kappa shape index (κ2) is 5.60. The van der Waals surface area contributed by atoms with E-state index in [4.69, 9.17) is 5.11 Å². The van der Waals surface area contributed by atoms with Crippen molar-refractivity contribution in [2.75, 3.05) is 19.7 Å². The van der Waals surface area contributed by atoms with Gasteiger partial charge in [-0.3, -0.25) is 4.90 Å². The molecule has 0 aromatic carbocycles. The van der Waals surface area contributed by atoms with Crippen molar-refractivity contribution < 1.29 is 18.3 Å². The van der Waals surface area contributed by atoms with Gasteiger partial charge in [-0.25, -0.2) is 4.98 Å². The van der Waals surface area contributed by atoms with Crippen molar-refractivity contribution in [1.82, 2.24) is 9.88 Å². The summed E-state index contributed by atoms with van der Waals surface area (Å²) in [7, 11) is 0. The minimum atomic E-state index is -4.37. The second-order valence-corrected chi connectivity index (χ2v) is 4.16. The fraction of sp³-hybridized carbons (Fsp3) is 0.667. The first kappa shape index (κ1) is 13.4. The summed E-state index contributed by atoms with van der Waals surface area (Å²) < 4.78 is 36.8. The maximum absolute atomic E-state index is 12.3. The van der Waals surface area contributed by atoms with E-state index in [1.807, 2.05) is 11.8 Å². The lowest BCUT2D eigenvalue weighted by Gasteiger charge is -2.16. The summed E-state index contributed by atoms with van der Waals surface area (Å²) >= 11 is 0.992. The number of alkyl halides is 3. The number of likely N-dealkylation sites (N-methyl/N-ethyl adjacent to an activating group) is 1. The Morgan fingerprint density at radius 1 is 1.50 bits per heavy atom. The van der Waals surface area contributed by atoms with Gasteiger partial charge in [0, 0.05) is 11.9 Å². The van der Waals surface area contributed by atoms with Crippen LogP contribution in [0, 0.1) is 0 Å². The highest BCUT2D eigenvalue weighted by molar-refractivity contribution is 7.09. The smallest absolute Gasteiger partial charge is 0.395 e. The molecule has 0 aliphatic carbocycles. The van der Waals surface area contributed by atoms with Crippen molar-refractivity contribution in [3.63, 3.8) is 0 Å². The lowest BCUT2D eigenvalue weighted by molar-refractivity contribution is -0.140. The van der Waals surface area contributed by atoms with Crippen LogP contribution in [0.25, 0.3) is 0 Å². The molecule has 7 heteroatoms. The Morgan fingerprint density at radius 2 is 2.19 bits per heavy atom. The lowest BCUT2D eigenvalue weighted by Crippen LogP contribution is -2.26. The zero-order valence-electron chi connectivity index (χ0n) is 8.79. The molecule has 0 fully saturated rings. The molecule has 0 aliphatic heterocycles. The summed E-state index contributed by atoms with van der Waals surface area (Å²) in [4.78, 5) is 5.35. The summed E-state index contributed by atoms with van der Waals surface area (Å²) in [6, 6.07) is 0. The summed E-state index contributed by atoms with van der Waals surface area (Å²) in [6.45, 7) is 3.33. The molecule has 92 valence electrons. The van der Waals surface area contributed by atoms with Crippen LogP contribution in [0.5, 0.6) is 0 Å². The van der Waals surface area contributed by atoms with Crippen LogP contribution in [0.2, 0.25) is 0 Å². The minimum absolute atomic E-state index is 0.00859. The van der Waals surface area contributed by atoms with Gasteiger partial charge < -0.3 is 5.11 Å². The van der Waals surface area contributed by atoms with Gasteiger partial charge in [-0.2, -0.15) is 13.2 Å². The highest BCUT2D eigenvalue weighted by Gasteiger charge is 2.33. The normalized spacial score (nSPS) is 12.4. The molecule has 0 aliphatic rings. The van der Waals surface area contributed by atoms with E-state index in [0.29, 0.717) is 24.6 Å². The Labute approximate surface area is 95.5 Å². The Kier molecular flexibility index (Phi) is 4.69. The molecule has 0 amide bonds. The number of rotatable bonds is 5. The van der Waals surface area contributed by atoms with Gasteiger partial charge >= 0.3 is 6.18 Å². The third kappa shape index (κ3) is 3.73. The fourth-order valence-corrected chi connectivity index (χ4v) is 2.04. The zero-order valence-corrected chi connectivity index (χ0v) is 9.61. The Hall–Kier alpha value is -0.660. The fourth-order valence-electron chi connectivity index (χ4n) is 1.20. The van der Waals surface area contributed by atoms with Gasteiger partial charge in [-0.1, -0.05) is 6.92 Å². The first-order chi connectivity index (χ1) is 7.47. The topological polar surface area (TPSA) is 36.4 Å². The minimum Gasteiger partial charge on any atom is -0.395 e. The quantitative estimate of drug-likeness (QED) is 0.872. The van der Waals surface area contributed by atoms with Gasteiger partial charge in [-0.05, 0) is 6.54 Å². The number of thiazole rings is 1. The molecule has 1 aromatic rings. The summed E-state index contributed by atoms with van der Waals surface area (Å²) in [5.41, 5.74) is -0.840. The third-order valence-corrected chi connectivity index (χ3v) is 2.90. The number of aromatic nitrogens is 1. The molecule has 0 atom stereocenters. The first-order valence-electron chi connectivity index (χ1n) is 4.82. The maximum atomic E-state index is 12.3. The van der Waals surface area contributed by atoms with Crippen LogP contribution in [-0.4, -0.2) is 34.7 Å². The highest BCUT2D eigenvalue weighted by atomic mass is 32.1. The molecule has 0 saturated carbocycles. The molecule has 16 heavy (non-hydrogen) atoms. The average molecular weight is 254 g/mol. The number of hydrogen-bond donors (Lipinski definition) is 1. The molecule has 0 radical (unpaired) electrons. The predicted molar refractivity (Wildman–Crippen MR) is 55.2 cm³/mol. The molecular formula is C9H13F3N2OS. The SMILES string of the molecule is CCN(CCO)Cc1nc(C(F)(F)F)cs1. The lowest BCUT2D eigenvalue weighted by atomic mass is 10.4. The second-order valence-electron chi connectivity index (χ2n) is 3.22.